The van der Waals surface area contributed by atoms with E-state index in [2.05, 4.69) is 15.5 Å². The fourth-order valence-electron chi connectivity index (χ4n) is 4.20. The Morgan fingerprint density at radius 1 is 1.09 bits per heavy atom. The number of nitrogens with one attached hydrogen (secondary N) is 1. The number of nitrogens with zero attached hydrogens (tertiary/aromatic N) is 5. The van der Waals surface area contributed by atoms with Gasteiger partial charge in [0.25, 0.3) is 5.91 Å². The first-order valence-corrected chi connectivity index (χ1v) is 11.4. The monoisotopic (exact) mass is 488 g/mol. The van der Waals surface area contributed by atoms with Crippen molar-refractivity contribution in [1.82, 2.24) is 24.5 Å². The molecule has 0 aliphatic carbocycles. The average Bonchev–Trinajstić information content (AvgIpc) is 3.29. The van der Waals surface area contributed by atoms with Gasteiger partial charge in [0, 0.05) is 29.9 Å². The van der Waals surface area contributed by atoms with Crippen LogP contribution in [0.3, 0.4) is 0 Å². The van der Waals surface area contributed by atoms with E-state index in [4.69, 9.17) is 16.6 Å². The molecule has 0 saturated carbocycles. The number of benzene rings is 2. The molecule has 176 valence electrons. The third-order valence-electron chi connectivity index (χ3n) is 5.91. The molecule has 9 heteroatoms. The van der Waals surface area contributed by atoms with Crippen molar-refractivity contribution in [3.05, 3.63) is 94.1 Å². The molecule has 0 spiro atoms. The molecule has 3 aromatic heterocycles. The molecule has 5 rings (SSSR count). The lowest BCUT2D eigenvalue weighted by Gasteiger charge is -2.10. The van der Waals surface area contributed by atoms with Gasteiger partial charge in [0.1, 0.15) is 10.8 Å². The predicted octanol–water partition coefficient (Wildman–Crippen LogP) is 5.54. The summed E-state index contributed by atoms with van der Waals surface area (Å²) in [4.78, 5) is 18.2. The van der Waals surface area contributed by atoms with Crippen LogP contribution in [-0.2, 0) is 13.6 Å². The van der Waals surface area contributed by atoms with Gasteiger partial charge >= 0.3 is 0 Å². The van der Waals surface area contributed by atoms with E-state index in [1.807, 2.05) is 45.2 Å². The van der Waals surface area contributed by atoms with Crippen LogP contribution in [0.5, 0.6) is 0 Å². The summed E-state index contributed by atoms with van der Waals surface area (Å²) in [6.45, 7) is 4.20. The summed E-state index contributed by atoms with van der Waals surface area (Å²) >= 11 is 6.37. The Labute approximate surface area is 206 Å². The number of rotatable bonds is 5. The SMILES string of the molecule is Cc1nn(C)c(C)c1-c1cc(C(=O)Nc2nn(Cc3cccc(F)c3)cc2Cl)c2ccccc2n1. The zero-order valence-corrected chi connectivity index (χ0v) is 20.1. The van der Waals surface area contributed by atoms with Crippen molar-refractivity contribution in [3.63, 3.8) is 0 Å². The Morgan fingerprint density at radius 2 is 1.89 bits per heavy atom. The third-order valence-corrected chi connectivity index (χ3v) is 6.19. The summed E-state index contributed by atoms with van der Waals surface area (Å²) in [5.41, 5.74) is 5.22. The molecule has 0 bridgehead atoms. The summed E-state index contributed by atoms with van der Waals surface area (Å²) in [6, 6.07) is 15.5. The number of aryl methyl sites for hydroxylation is 2. The lowest BCUT2D eigenvalue weighted by molar-refractivity contribution is 0.102. The van der Waals surface area contributed by atoms with Crippen LogP contribution in [0.1, 0.15) is 27.3 Å². The van der Waals surface area contributed by atoms with E-state index in [0.29, 0.717) is 28.7 Å². The summed E-state index contributed by atoms with van der Waals surface area (Å²) in [5.74, 6) is -0.458. The molecule has 3 heterocycles. The van der Waals surface area contributed by atoms with Crippen LogP contribution in [-0.4, -0.2) is 30.5 Å². The standard InChI is InChI=1S/C26H22ClFN6O/c1-15-24(16(2)33(3)31-15)23-12-20(19-9-4-5-10-22(19)29-23)26(35)30-25-21(27)14-34(32-25)13-17-7-6-8-18(28)11-17/h4-12,14H,13H2,1-3H3,(H,30,32,35). The van der Waals surface area contributed by atoms with E-state index in [-0.39, 0.29) is 22.6 Å². The van der Waals surface area contributed by atoms with Crippen LogP contribution >= 0.6 is 11.6 Å². The fraction of sp³-hybridized carbons (Fsp3) is 0.154. The second-order valence-corrected chi connectivity index (χ2v) is 8.76. The van der Waals surface area contributed by atoms with E-state index in [9.17, 15) is 9.18 Å². The maximum atomic E-state index is 13.5. The third kappa shape index (κ3) is 4.40. The Morgan fingerprint density at radius 3 is 2.63 bits per heavy atom. The van der Waals surface area contributed by atoms with Crippen molar-refractivity contribution < 1.29 is 9.18 Å². The number of pyridine rings is 1. The topological polar surface area (TPSA) is 77.6 Å². The molecule has 0 atom stereocenters. The van der Waals surface area contributed by atoms with E-state index in [1.54, 1.807) is 33.8 Å². The van der Waals surface area contributed by atoms with Crippen LogP contribution in [0.4, 0.5) is 10.2 Å². The number of aromatic nitrogens is 5. The molecule has 1 amide bonds. The van der Waals surface area contributed by atoms with Crippen molar-refractivity contribution in [2.45, 2.75) is 20.4 Å². The van der Waals surface area contributed by atoms with Gasteiger partial charge in [0.15, 0.2) is 5.82 Å². The number of halogens is 2. The summed E-state index contributed by atoms with van der Waals surface area (Å²) in [6.07, 6.45) is 1.60. The maximum absolute atomic E-state index is 13.5. The van der Waals surface area contributed by atoms with Gasteiger partial charge in [-0.05, 0) is 43.7 Å². The maximum Gasteiger partial charge on any atom is 0.257 e. The molecular formula is C26H22ClFN6O. The highest BCUT2D eigenvalue weighted by Crippen LogP contribution is 2.30. The van der Waals surface area contributed by atoms with Crippen LogP contribution in [0.15, 0.2) is 60.8 Å². The summed E-state index contributed by atoms with van der Waals surface area (Å²) in [7, 11) is 1.88. The predicted molar refractivity (Wildman–Crippen MR) is 134 cm³/mol. The van der Waals surface area contributed by atoms with E-state index in [0.717, 1.165) is 22.5 Å². The molecule has 0 unspecified atom stereocenters. The number of hydrogen-bond donors (Lipinski definition) is 1. The average molecular weight is 489 g/mol. The van der Waals surface area contributed by atoms with Gasteiger partial charge in [-0.1, -0.05) is 41.9 Å². The molecule has 7 nitrogen and oxygen atoms in total. The first-order chi connectivity index (χ1) is 16.8. The van der Waals surface area contributed by atoms with Crippen LogP contribution in [0.25, 0.3) is 22.2 Å². The van der Waals surface area contributed by atoms with Crippen LogP contribution in [0.2, 0.25) is 5.02 Å². The minimum atomic E-state index is -0.359. The largest absolute Gasteiger partial charge is 0.304 e. The number of carbonyl (C=O) groups excluding carboxylic acids is 1. The molecule has 35 heavy (non-hydrogen) atoms. The van der Waals surface area contributed by atoms with Crippen LogP contribution in [0, 0.1) is 19.7 Å². The van der Waals surface area contributed by atoms with Crippen molar-refractivity contribution in [3.8, 4) is 11.3 Å². The molecule has 0 saturated heterocycles. The fourth-order valence-corrected chi connectivity index (χ4v) is 4.39. The lowest BCUT2D eigenvalue weighted by atomic mass is 10.0. The number of hydrogen-bond acceptors (Lipinski definition) is 4. The van der Waals surface area contributed by atoms with Gasteiger partial charge in [0.05, 0.1) is 29.0 Å². The van der Waals surface area contributed by atoms with Crippen molar-refractivity contribution in [2.75, 3.05) is 5.32 Å². The van der Waals surface area contributed by atoms with E-state index in [1.165, 1.54) is 12.1 Å². The molecule has 0 radical (unpaired) electrons. The zero-order valence-electron chi connectivity index (χ0n) is 19.4. The normalized spacial score (nSPS) is 11.2. The molecule has 0 fully saturated rings. The summed E-state index contributed by atoms with van der Waals surface area (Å²) < 4.78 is 16.9. The molecule has 5 aromatic rings. The van der Waals surface area contributed by atoms with Gasteiger partial charge < -0.3 is 5.32 Å². The Bertz CT molecular complexity index is 1590. The van der Waals surface area contributed by atoms with Gasteiger partial charge in [-0.2, -0.15) is 10.2 Å². The number of anilines is 1. The van der Waals surface area contributed by atoms with E-state index < -0.39 is 0 Å². The quantitative estimate of drug-likeness (QED) is 0.352. The highest BCUT2D eigenvalue weighted by molar-refractivity contribution is 6.33. The van der Waals surface area contributed by atoms with Gasteiger partial charge in [-0.3, -0.25) is 14.2 Å². The van der Waals surface area contributed by atoms with Crippen LogP contribution < -0.4 is 5.32 Å². The van der Waals surface area contributed by atoms with Gasteiger partial charge in [-0.25, -0.2) is 9.37 Å². The second kappa shape index (κ2) is 8.96. The second-order valence-electron chi connectivity index (χ2n) is 8.35. The first-order valence-electron chi connectivity index (χ1n) is 11.0. The molecular weight excluding hydrogens is 467 g/mol. The smallest absolute Gasteiger partial charge is 0.257 e. The number of amides is 1. The highest BCUT2D eigenvalue weighted by atomic mass is 35.5. The highest BCUT2D eigenvalue weighted by Gasteiger charge is 2.20. The Balaban J connectivity index is 1.50. The minimum Gasteiger partial charge on any atom is -0.304 e. The van der Waals surface area contributed by atoms with Crippen molar-refractivity contribution in [1.29, 1.82) is 0 Å². The number of fused-ring (bicyclic) bond motifs is 1. The van der Waals surface area contributed by atoms with E-state index >= 15 is 0 Å². The Hall–Kier alpha value is -4.04. The first kappa shape index (κ1) is 22.7. The molecule has 0 aliphatic heterocycles. The Kier molecular flexibility index (Phi) is 5.82. The minimum absolute atomic E-state index is 0.226. The zero-order chi connectivity index (χ0) is 24.7. The molecule has 2 aromatic carbocycles. The summed E-state index contributed by atoms with van der Waals surface area (Å²) in [5, 5.41) is 12.7. The number of para-hydroxylation sites is 1. The number of carbonyl (C=O) groups is 1. The molecule has 0 aliphatic rings. The van der Waals surface area contributed by atoms with Crippen molar-refractivity contribution >= 4 is 34.2 Å². The molecule has 1 N–H and O–H groups in total. The lowest BCUT2D eigenvalue weighted by Crippen LogP contribution is -2.14. The van der Waals surface area contributed by atoms with Crippen molar-refractivity contribution in [2.24, 2.45) is 7.05 Å². The van der Waals surface area contributed by atoms with Gasteiger partial charge in [-0.15, -0.1) is 0 Å². The van der Waals surface area contributed by atoms with Gasteiger partial charge in [0.2, 0.25) is 0 Å².